The van der Waals surface area contributed by atoms with Gasteiger partial charge in [0.05, 0.1) is 12.1 Å². The Kier molecular flexibility index (Phi) is 3.10. The van der Waals surface area contributed by atoms with E-state index in [1.54, 1.807) is 12.1 Å². The van der Waals surface area contributed by atoms with Crippen LogP contribution in [0.2, 0.25) is 0 Å². The van der Waals surface area contributed by atoms with Crippen molar-refractivity contribution in [2.75, 3.05) is 0 Å². The standard InChI is InChI=1S/C8H4Cl2N2O2/c9-5-6(10)8(14)4(2-12)3(1-11)7(5)13/h3-6H. The summed E-state index contributed by atoms with van der Waals surface area (Å²) < 4.78 is 0. The molecule has 1 aliphatic carbocycles. The smallest absolute Gasteiger partial charge is 0.171 e. The molecule has 0 aromatic rings. The first-order chi connectivity index (χ1) is 6.54. The molecule has 0 N–H and O–H groups in total. The van der Waals surface area contributed by atoms with Gasteiger partial charge in [-0.05, 0) is 0 Å². The highest BCUT2D eigenvalue weighted by Gasteiger charge is 2.48. The minimum absolute atomic E-state index is 0.652. The van der Waals surface area contributed by atoms with Crippen molar-refractivity contribution in [1.82, 2.24) is 0 Å². The Balaban J connectivity index is 3.11. The van der Waals surface area contributed by atoms with Crippen LogP contribution in [0.1, 0.15) is 0 Å². The molecule has 0 aromatic carbocycles. The number of nitrogens with zero attached hydrogens (tertiary/aromatic N) is 2. The number of halogens is 2. The van der Waals surface area contributed by atoms with Gasteiger partial charge in [0.2, 0.25) is 0 Å². The van der Waals surface area contributed by atoms with Crippen molar-refractivity contribution in [3.63, 3.8) is 0 Å². The summed E-state index contributed by atoms with van der Waals surface area (Å²) in [5.74, 6) is -3.88. The SMILES string of the molecule is N#CC1C(=O)C(Cl)C(Cl)C(=O)C1C#N. The summed E-state index contributed by atoms with van der Waals surface area (Å²) in [6, 6.07) is 3.20. The maximum atomic E-state index is 11.3. The first kappa shape index (κ1) is 11.0. The Morgan fingerprint density at radius 1 is 0.929 bits per heavy atom. The first-order valence-corrected chi connectivity index (χ1v) is 4.56. The molecule has 72 valence electrons. The summed E-state index contributed by atoms with van der Waals surface area (Å²) in [7, 11) is 0. The van der Waals surface area contributed by atoms with Crippen molar-refractivity contribution in [2.45, 2.75) is 10.8 Å². The highest BCUT2D eigenvalue weighted by atomic mass is 35.5. The quantitative estimate of drug-likeness (QED) is 0.572. The van der Waals surface area contributed by atoms with Gasteiger partial charge in [0.15, 0.2) is 11.6 Å². The van der Waals surface area contributed by atoms with E-state index in [-0.39, 0.29) is 0 Å². The van der Waals surface area contributed by atoms with Gasteiger partial charge < -0.3 is 0 Å². The third kappa shape index (κ3) is 1.48. The van der Waals surface area contributed by atoms with Gasteiger partial charge in [-0.2, -0.15) is 10.5 Å². The van der Waals surface area contributed by atoms with Gasteiger partial charge in [-0.15, -0.1) is 23.2 Å². The summed E-state index contributed by atoms with van der Waals surface area (Å²) in [5.41, 5.74) is 0. The summed E-state index contributed by atoms with van der Waals surface area (Å²) >= 11 is 11.1. The number of hydrogen-bond donors (Lipinski definition) is 0. The maximum Gasteiger partial charge on any atom is 0.171 e. The van der Waals surface area contributed by atoms with Crippen molar-refractivity contribution in [2.24, 2.45) is 11.8 Å². The number of carbonyl (C=O) groups is 2. The Hall–Kier alpha value is -1.10. The highest BCUT2D eigenvalue weighted by molar-refractivity contribution is 6.45. The summed E-state index contributed by atoms with van der Waals surface area (Å²) in [6.45, 7) is 0. The normalized spacial score (nSPS) is 37.4. The van der Waals surface area contributed by atoms with Gasteiger partial charge in [-0.3, -0.25) is 9.59 Å². The second kappa shape index (κ2) is 3.96. The lowest BCUT2D eigenvalue weighted by Crippen LogP contribution is -2.48. The van der Waals surface area contributed by atoms with Crippen LogP contribution in [0.5, 0.6) is 0 Å². The monoisotopic (exact) mass is 230 g/mol. The van der Waals surface area contributed by atoms with Crippen LogP contribution in [0.4, 0.5) is 0 Å². The van der Waals surface area contributed by atoms with E-state index in [0.29, 0.717) is 0 Å². The van der Waals surface area contributed by atoms with Crippen molar-refractivity contribution >= 4 is 34.8 Å². The summed E-state index contributed by atoms with van der Waals surface area (Å²) in [4.78, 5) is 22.7. The third-order valence-corrected chi connectivity index (χ3v) is 3.09. The molecule has 6 heteroatoms. The maximum absolute atomic E-state index is 11.3. The molecular formula is C8H4Cl2N2O2. The Morgan fingerprint density at radius 3 is 1.43 bits per heavy atom. The predicted molar refractivity (Wildman–Crippen MR) is 47.5 cm³/mol. The van der Waals surface area contributed by atoms with Crippen LogP contribution in [0.25, 0.3) is 0 Å². The van der Waals surface area contributed by atoms with Gasteiger partial charge in [0.1, 0.15) is 22.6 Å². The lowest BCUT2D eigenvalue weighted by Gasteiger charge is -2.26. The fraction of sp³-hybridized carbons (Fsp3) is 0.500. The van der Waals surface area contributed by atoms with Gasteiger partial charge in [-0.1, -0.05) is 0 Å². The molecule has 0 aromatic heterocycles. The lowest BCUT2D eigenvalue weighted by atomic mass is 9.78. The zero-order valence-corrected chi connectivity index (χ0v) is 8.29. The molecule has 4 atom stereocenters. The average Bonchev–Trinajstić information content (AvgIpc) is 2.20. The van der Waals surface area contributed by atoms with Crippen molar-refractivity contribution < 1.29 is 9.59 Å². The van der Waals surface area contributed by atoms with Crippen LogP contribution in [0.15, 0.2) is 0 Å². The number of alkyl halides is 2. The van der Waals surface area contributed by atoms with Gasteiger partial charge in [-0.25, -0.2) is 0 Å². The number of carbonyl (C=O) groups excluding carboxylic acids is 2. The topological polar surface area (TPSA) is 81.7 Å². The molecule has 1 rings (SSSR count). The van der Waals surface area contributed by atoms with Crippen LogP contribution in [-0.4, -0.2) is 22.3 Å². The minimum Gasteiger partial charge on any atom is -0.296 e. The molecule has 0 radical (unpaired) electrons. The molecule has 0 bridgehead atoms. The Morgan fingerprint density at radius 2 is 1.21 bits per heavy atom. The van der Waals surface area contributed by atoms with Crippen molar-refractivity contribution in [3.8, 4) is 12.1 Å². The van der Waals surface area contributed by atoms with E-state index >= 15 is 0 Å². The van der Waals surface area contributed by atoms with Crippen LogP contribution in [0, 0.1) is 34.5 Å². The van der Waals surface area contributed by atoms with E-state index in [1.807, 2.05) is 0 Å². The molecule has 4 unspecified atom stereocenters. The summed E-state index contributed by atoms with van der Waals surface area (Å²) in [6.07, 6.45) is 0. The zero-order chi connectivity index (χ0) is 10.9. The number of nitriles is 2. The van der Waals surface area contributed by atoms with E-state index < -0.39 is 34.2 Å². The number of Topliss-reactive ketones (excluding diaryl/α,β-unsaturated/α-hetero) is 2. The third-order valence-electron chi connectivity index (χ3n) is 2.03. The van der Waals surface area contributed by atoms with Crippen LogP contribution < -0.4 is 0 Å². The fourth-order valence-electron chi connectivity index (χ4n) is 1.24. The Labute approximate surface area is 90.0 Å². The predicted octanol–water partition coefficient (Wildman–Crippen LogP) is 0.633. The zero-order valence-electron chi connectivity index (χ0n) is 6.78. The molecule has 1 saturated carbocycles. The van der Waals surface area contributed by atoms with Gasteiger partial charge in [0.25, 0.3) is 0 Å². The lowest BCUT2D eigenvalue weighted by molar-refractivity contribution is -0.133. The highest BCUT2D eigenvalue weighted by Crippen LogP contribution is 2.30. The minimum atomic E-state index is -1.29. The molecule has 14 heavy (non-hydrogen) atoms. The van der Waals surface area contributed by atoms with Gasteiger partial charge >= 0.3 is 0 Å². The van der Waals surface area contributed by atoms with E-state index in [4.69, 9.17) is 33.7 Å². The second-order valence-corrected chi connectivity index (χ2v) is 3.76. The van der Waals surface area contributed by atoms with Crippen molar-refractivity contribution in [3.05, 3.63) is 0 Å². The number of rotatable bonds is 0. The first-order valence-electron chi connectivity index (χ1n) is 3.69. The van der Waals surface area contributed by atoms with E-state index in [2.05, 4.69) is 0 Å². The molecule has 4 nitrogen and oxygen atoms in total. The molecule has 1 fully saturated rings. The largest absolute Gasteiger partial charge is 0.296 e. The molecule has 0 amide bonds. The molecule has 0 saturated heterocycles. The fourth-order valence-corrected chi connectivity index (χ4v) is 1.76. The van der Waals surface area contributed by atoms with E-state index in [1.165, 1.54) is 0 Å². The molecular weight excluding hydrogens is 227 g/mol. The molecule has 1 aliphatic rings. The molecule has 0 heterocycles. The van der Waals surface area contributed by atoms with E-state index in [9.17, 15) is 9.59 Å². The number of hydrogen-bond acceptors (Lipinski definition) is 4. The number of ketones is 2. The van der Waals surface area contributed by atoms with Gasteiger partial charge in [0, 0.05) is 0 Å². The van der Waals surface area contributed by atoms with Crippen LogP contribution >= 0.6 is 23.2 Å². The second-order valence-electron chi connectivity index (χ2n) is 2.82. The molecule has 0 spiro atoms. The summed E-state index contributed by atoms with van der Waals surface area (Å²) in [5, 5.41) is 14.8. The van der Waals surface area contributed by atoms with Crippen molar-refractivity contribution in [1.29, 1.82) is 10.5 Å². The van der Waals surface area contributed by atoms with Crippen LogP contribution in [0.3, 0.4) is 0 Å². The Bertz CT molecular complexity index is 333. The average molecular weight is 231 g/mol. The van der Waals surface area contributed by atoms with Crippen LogP contribution in [-0.2, 0) is 9.59 Å². The van der Waals surface area contributed by atoms with E-state index in [0.717, 1.165) is 0 Å². The molecule has 0 aliphatic heterocycles.